The predicted molar refractivity (Wildman–Crippen MR) is 76.6 cm³/mol. The molecule has 0 aromatic carbocycles. The van der Waals surface area contributed by atoms with E-state index >= 15 is 0 Å². The lowest BCUT2D eigenvalue weighted by Crippen LogP contribution is -2.58. The largest absolute Gasteiger partial charge is 0.481 e. The molecule has 2 N–H and O–H groups in total. The van der Waals surface area contributed by atoms with Crippen LogP contribution in [-0.2, 0) is 4.79 Å². The maximum absolute atomic E-state index is 12.4. The van der Waals surface area contributed by atoms with Crippen LogP contribution in [0.5, 0.6) is 0 Å². The lowest BCUT2D eigenvalue weighted by molar-refractivity contribution is -0.139. The Kier molecular flexibility index (Phi) is 4.89. The Hall–Kier alpha value is -1.26. The molecule has 2 amide bonds. The van der Waals surface area contributed by atoms with Crippen LogP contribution in [-0.4, -0.2) is 40.6 Å². The van der Waals surface area contributed by atoms with Crippen LogP contribution in [0.2, 0.25) is 0 Å². The van der Waals surface area contributed by atoms with Gasteiger partial charge in [-0.3, -0.25) is 4.79 Å². The van der Waals surface area contributed by atoms with Crippen LogP contribution in [0.3, 0.4) is 0 Å². The molecule has 2 rings (SSSR count). The van der Waals surface area contributed by atoms with Crippen LogP contribution in [0, 0.1) is 5.92 Å². The third-order valence-electron chi connectivity index (χ3n) is 4.88. The second kappa shape index (κ2) is 6.46. The highest BCUT2D eigenvalue weighted by Crippen LogP contribution is 2.35. The number of carbonyl (C=O) groups excluding carboxylic acids is 1. The minimum Gasteiger partial charge on any atom is -0.481 e. The minimum atomic E-state index is -0.827. The molecule has 20 heavy (non-hydrogen) atoms. The molecular formula is C15H26N2O3. The first-order chi connectivity index (χ1) is 9.54. The summed E-state index contributed by atoms with van der Waals surface area (Å²) in [5.41, 5.74) is -0.487. The number of urea groups is 1. The lowest BCUT2D eigenvalue weighted by atomic mass is 9.74. The van der Waals surface area contributed by atoms with Crippen molar-refractivity contribution >= 4 is 12.0 Å². The Morgan fingerprint density at radius 3 is 2.55 bits per heavy atom. The van der Waals surface area contributed by atoms with E-state index in [2.05, 4.69) is 12.2 Å². The molecule has 1 saturated carbocycles. The molecular weight excluding hydrogens is 256 g/mol. The van der Waals surface area contributed by atoms with Crippen LogP contribution in [0.25, 0.3) is 0 Å². The molecule has 1 aliphatic heterocycles. The Morgan fingerprint density at radius 1 is 1.25 bits per heavy atom. The fourth-order valence-corrected chi connectivity index (χ4v) is 3.32. The number of rotatable bonds is 4. The van der Waals surface area contributed by atoms with E-state index in [0.29, 0.717) is 0 Å². The Labute approximate surface area is 120 Å². The minimum absolute atomic E-state index is 0.0458. The van der Waals surface area contributed by atoms with E-state index in [1.807, 2.05) is 4.90 Å². The van der Waals surface area contributed by atoms with Crippen LogP contribution >= 0.6 is 0 Å². The highest BCUT2D eigenvalue weighted by Gasteiger charge is 2.41. The summed E-state index contributed by atoms with van der Waals surface area (Å²) in [7, 11) is 0. The number of amides is 2. The van der Waals surface area contributed by atoms with Gasteiger partial charge in [0.05, 0.1) is 12.0 Å². The van der Waals surface area contributed by atoms with Gasteiger partial charge in [0.25, 0.3) is 0 Å². The van der Waals surface area contributed by atoms with E-state index in [0.717, 1.165) is 51.1 Å². The number of carboxylic acids is 1. The standard InChI is InChI=1S/C15H26N2O3/c1-2-12-5-3-9-17(10-6-12)14(20)16-15(7-4-8-15)11-13(18)19/h12H,2-11H2,1H3,(H,16,20)(H,18,19). The van der Waals surface area contributed by atoms with Gasteiger partial charge in [0, 0.05) is 13.1 Å². The number of hydrogen-bond acceptors (Lipinski definition) is 2. The first-order valence-electron chi connectivity index (χ1n) is 7.83. The Morgan fingerprint density at radius 2 is 2.00 bits per heavy atom. The van der Waals surface area contributed by atoms with E-state index in [4.69, 9.17) is 5.11 Å². The number of nitrogens with one attached hydrogen (secondary N) is 1. The molecule has 5 nitrogen and oxygen atoms in total. The second-order valence-corrected chi connectivity index (χ2v) is 6.33. The second-order valence-electron chi connectivity index (χ2n) is 6.33. The van der Waals surface area contributed by atoms with Gasteiger partial charge >= 0.3 is 12.0 Å². The van der Waals surface area contributed by atoms with Crippen molar-refractivity contribution in [1.29, 1.82) is 0 Å². The topological polar surface area (TPSA) is 69.6 Å². The summed E-state index contributed by atoms with van der Waals surface area (Å²) in [6, 6.07) is -0.0669. The molecule has 5 heteroatoms. The van der Waals surface area contributed by atoms with Gasteiger partial charge in [0.15, 0.2) is 0 Å². The molecule has 114 valence electrons. The molecule has 1 unspecified atom stereocenters. The van der Waals surface area contributed by atoms with Crippen LogP contribution in [0.15, 0.2) is 0 Å². The van der Waals surface area contributed by atoms with Crippen molar-refractivity contribution in [1.82, 2.24) is 10.2 Å². The SMILES string of the molecule is CCC1CCCN(C(=O)NC2(CC(=O)O)CCC2)CC1. The average molecular weight is 282 g/mol. The summed E-state index contributed by atoms with van der Waals surface area (Å²) in [5.74, 6) is -0.101. The van der Waals surface area contributed by atoms with Gasteiger partial charge in [0.1, 0.15) is 0 Å². The lowest BCUT2D eigenvalue weighted by Gasteiger charge is -2.42. The predicted octanol–water partition coefficient (Wildman–Crippen LogP) is 2.61. The number of carbonyl (C=O) groups is 2. The van der Waals surface area contributed by atoms with E-state index < -0.39 is 11.5 Å². The molecule has 0 aromatic heterocycles. The molecule has 0 bridgehead atoms. The normalized spacial score (nSPS) is 25.4. The van der Waals surface area contributed by atoms with Gasteiger partial charge in [-0.1, -0.05) is 13.3 Å². The molecule has 0 spiro atoms. The number of carboxylic acid groups (broad SMARTS) is 1. The van der Waals surface area contributed by atoms with Crippen molar-refractivity contribution in [2.24, 2.45) is 5.92 Å². The highest BCUT2D eigenvalue weighted by molar-refractivity contribution is 5.77. The van der Waals surface area contributed by atoms with E-state index in [9.17, 15) is 9.59 Å². The molecule has 2 fully saturated rings. The van der Waals surface area contributed by atoms with Gasteiger partial charge in [-0.2, -0.15) is 0 Å². The molecule has 1 heterocycles. The number of hydrogen-bond donors (Lipinski definition) is 2. The Bertz CT molecular complexity index is 366. The zero-order valence-corrected chi connectivity index (χ0v) is 12.4. The molecule has 0 aromatic rings. The molecule has 2 aliphatic rings. The highest BCUT2D eigenvalue weighted by atomic mass is 16.4. The summed E-state index contributed by atoms with van der Waals surface area (Å²) < 4.78 is 0. The number of likely N-dealkylation sites (tertiary alicyclic amines) is 1. The van der Waals surface area contributed by atoms with Gasteiger partial charge in [-0.25, -0.2) is 4.79 Å². The van der Waals surface area contributed by atoms with Crippen molar-refractivity contribution in [3.8, 4) is 0 Å². The zero-order chi connectivity index (χ0) is 14.6. The Balaban J connectivity index is 1.89. The fourth-order valence-electron chi connectivity index (χ4n) is 3.32. The smallest absolute Gasteiger partial charge is 0.317 e. The third-order valence-corrected chi connectivity index (χ3v) is 4.88. The average Bonchev–Trinajstić information content (AvgIpc) is 2.60. The van der Waals surface area contributed by atoms with E-state index in [1.54, 1.807) is 0 Å². The van der Waals surface area contributed by atoms with Crippen LogP contribution < -0.4 is 5.32 Å². The summed E-state index contributed by atoms with van der Waals surface area (Å²) in [4.78, 5) is 25.2. The summed E-state index contributed by atoms with van der Waals surface area (Å²) in [6.45, 7) is 3.80. The molecule has 1 saturated heterocycles. The maximum Gasteiger partial charge on any atom is 0.317 e. The van der Waals surface area contributed by atoms with Crippen molar-refractivity contribution in [2.45, 2.75) is 63.8 Å². The summed E-state index contributed by atoms with van der Waals surface area (Å²) in [6.07, 6.45) is 7.12. The third kappa shape index (κ3) is 3.64. The first-order valence-corrected chi connectivity index (χ1v) is 7.83. The quantitative estimate of drug-likeness (QED) is 0.832. The van der Waals surface area contributed by atoms with Crippen molar-refractivity contribution in [3.05, 3.63) is 0 Å². The number of nitrogens with zero attached hydrogens (tertiary/aromatic N) is 1. The van der Waals surface area contributed by atoms with Crippen molar-refractivity contribution < 1.29 is 14.7 Å². The van der Waals surface area contributed by atoms with Crippen LogP contribution in [0.4, 0.5) is 4.79 Å². The molecule has 1 atom stereocenters. The van der Waals surface area contributed by atoms with Gasteiger partial charge in [-0.15, -0.1) is 0 Å². The summed E-state index contributed by atoms with van der Waals surface area (Å²) in [5, 5.41) is 12.0. The molecule has 1 aliphatic carbocycles. The monoisotopic (exact) mass is 282 g/mol. The zero-order valence-electron chi connectivity index (χ0n) is 12.4. The fraction of sp³-hybridized carbons (Fsp3) is 0.867. The maximum atomic E-state index is 12.4. The van der Waals surface area contributed by atoms with E-state index in [-0.39, 0.29) is 12.5 Å². The van der Waals surface area contributed by atoms with Crippen molar-refractivity contribution in [2.75, 3.05) is 13.1 Å². The summed E-state index contributed by atoms with van der Waals surface area (Å²) >= 11 is 0. The van der Waals surface area contributed by atoms with Crippen LogP contribution in [0.1, 0.15) is 58.3 Å². The molecule has 0 radical (unpaired) electrons. The van der Waals surface area contributed by atoms with Gasteiger partial charge in [0.2, 0.25) is 0 Å². The first kappa shape index (κ1) is 15.1. The van der Waals surface area contributed by atoms with Gasteiger partial charge < -0.3 is 15.3 Å². The van der Waals surface area contributed by atoms with E-state index in [1.165, 1.54) is 12.8 Å². The number of aliphatic carboxylic acids is 1. The van der Waals surface area contributed by atoms with Crippen molar-refractivity contribution in [3.63, 3.8) is 0 Å². The van der Waals surface area contributed by atoms with Gasteiger partial charge in [-0.05, 0) is 44.4 Å².